The molecule has 0 bridgehead atoms. The summed E-state index contributed by atoms with van der Waals surface area (Å²) < 4.78 is 4.04. The van der Waals surface area contributed by atoms with E-state index in [1.807, 2.05) is 52.3 Å². The zero-order valence-electron chi connectivity index (χ0n) is 17.0. The molecule has 3 aromatic heterocycles. The van der Waals surface area contributed by atoms with Gasteiger partial charge < -0.3 is 14.5 Å². The van der Waals surface area contributed by atoms with Gasteiger partial charge in [0.25, 0.3) is 5.91 Å². The maximum Gasteiger partial charge on any atom is 0.254 e. The number of carbonyl (C=O) groups is 1. The number of fused-ring (bicyclic) bond motifs is 2. The van der Waals surface area contributed by atoms with Crippen LogP contribution in [-0.2, 0) is 13.1 Å². The Morgan fingerprint density at radius 3 is 2.65 bits per heavy atom. The fourth-order valence-electron chi connectivity index (χ4n) is 4.20. The summed E-state index contributed by atoms with van der Waals surface area (Å²) in [7, 11) is 0. The first-order valence-corrected chi connectivity index (χ1v) is 10.2. The number of aromatic amines is 1. The monoisotopic (exact) mass is 408 g/mol. The van der Waals surface area contributed by atoms with Gasteiger partial charge in [-0.2, -0.15) is 5.10 Å². The van der Waals surface area contributed by atoms with Crippen LogP contribution in [0.5, 0.6) is 0 Å². The zero-order chi connectivity index (χ0) is 20.9. The van der Waals surface area contributed by atoms with Crippen LogP contribution in [0.4, 0.5) is 0 Å². The van der Waals surface area contributed by atoms with Crippen LogP contribution in [0.2, 0.25) is 0 Å². The zero-order valence-corrected chi connectivity index (χ0v) is 17.0. The molecule has 0 atom stereocenters. The number of benzene rings is 2. The van der Waals surface area contributed by atoms with Crippen molar-refractivity contribution in [2.24, 2.45) is 0 Å². The predicted molar refractivity (Wildman–Crippen MR) is 117 cm³/mol. The molecule has 0 fully saturated rings. The largest absolute Gasteiger partial charge is 0.345 e. The third kappa shape index (κ3) is 2.85. The van der Waals surface area contributed by atoms with Gasteiger partial charge in [0.15, 0.2) is 0 Å². The fourth-order valence-corrected chi connectivity index (χ4v) is 4.20. The van der Waals surface area contributed by atoms with E-state index in [2.05, 4.69) is 45.7 Å². The fraction of sp³-hybridized carbons (Fsp3) is 0.125. The Bertz CT molecular complexity index is 1410. The molecular weight excluding hydrogens is 388 g/mol. The standard InChI is InChI=1S/C24H20N6O/c1-16-4-7-18(8-5-16)30-23(28-10-2-3-11-28)19-13-29(14-22(19)27-30)24(31)17-6-9-20-21(12-17)26-15-25-20/h2-12,15H,13-14H2,1H3,(H,25,26). The van der Waals surface area contributed by atoms with Crippen LogP contribution >= 0.6 is 0 Å². The number of rotatable bonds is 3. The van der Waals surface area contributed by atoms with Gasteiger partial charge in [-0.15, -0.1) is 0 Å². The number of carbonyl (C=O) groups excluding carboxylic acids is 1. The second-order valence-electron chi connectivity index (χ2n) is 7.88. The molecule has 7 nitrogen and oxygen atoms in total. The average Bonchev–Trinajstić information content (AvgIpc) is 3.56. The summed E-state index contributed by atoms with van der Waals surface area (Å²) in [6.07, 6.45) is 5.67. The van der Waals surface area contributed by atoms with Crippen LogP contribution in [0.25, 0.3) is 22.5 Å². The summed E-state index contributed by atoms with van der Waals surface area (Å²) in [4.78, 5) is 22.4. The Kier molecular flexibility index (Phi) is 3.83. The molecule has 1 aliphatic heterocycles. The second kappa shape index (κ2) is 6.70. The molecule has 1 amide bonds. The first-order chi connectivity index (χ1) is 15.2. The Morgan fingerprint density at radius 1 is 1.03 bits per heavy atom. The normalized spacial score (nSPS) is 13.1. The minimum Gasteiger partial charge on any atom is -0.345 e. The summed E-state index contributed by atoms with van der Waals surface area (Å²) in [5, 5.41) is 4.90. The van der Waals surface area contributed by atoms with Gasteiger partial charge in [0.05, 0.1) is 41.8 Å². The third-order valence-corrected chi connectivity index (χ3v) is 5.81. The molecule has 0 radical (unpaired) electrons. The average molecular weight is 408 g/mol. The smallest absolute Gasteiger partial charge is 0.254 e. The van der Waals surface area contributed by atoms with Gasteiger partial charge >= 0.3 is 0 Å². The summed E-state index contributed by atoms with van der Waals surface area (Å²) in [6.45, 7) is 3.08. The van der Waals surface area contributed by atoms with Crippen molar-refractivity contribution >= 4 is 16.9 Å². The lowest BCUT2D eigenvalue weighted by molar-refractivity contribution is 0.0749. The van der Waals surface area contributed by atoms with Crippen molar-refractivity contribution in [1.82, 2.24) is 29.2 Å². The van der Waals surface area contributed by atoms with Crippen molar-refractivity contribution in [2.45, 2.75) is 20.0 Å². The highest BCUT2D eigenvalue weighted by atomic mass is 16.2. The second-order valence-corrected chi connectivity index (χ2v) is 7.88. The topological polar surface area (TPSA) is 71.7 Å². The van der Waals surface area contributed by atoms with Crippen LogP contribution in [0, 0.1) is 6.92 Å². The molecular formula is C24H20N6O. The summed E-state index contributed by atoms with van der Waals surface area (Å²) in [5.41, 5.74) is 6.58. The van der Waals surface area contributed by atoms with Gasteiger partial charge in [-0.25, -0.2) is 9.67 Å². The van der Waals surface area contributed by atoms with Gasteiger partial charge in [0, 0.05) is 23.5 Å². The molecule has 0 saturated heterocycles. The summed E-state index contributed by atoms with van der Waals surface area (Å²) in [5.74, 6) is 0.970. The molecule has 5 aromatic rings. The van der Waals surface area contributed by atoms with E-state index in [0.29, 0.717) is 18.7 Å². The molecule has 0 spiro atoms. The van der Waals surface area contributed by atoms with E-state index in [-0.39, 0.29) is 5.91 Å². The highest BCUT2D eigenvalue weighted by Gasteiger charge is 2.32. The SMILES string of the molecule is Cc1ccc(-n2nc3c(c2-n2cccc2)CN(C(=O)c2ccc4nc[nH]c4c2)C3)cc1. The minimum atomic E-state index is -0.00478. The molecule has 1 aliphatic rings. The van der Waals surface area contributed by atoms with Gasteiger partial charge in [0.1, 0.15) is 5.82 Å². The lowest BCUT2D eigenvalue weighted by Gasteiger charge is -2.17. The van der Waals surface area contributed by atoms with E-state index < -0.39 is 0 Å². The van der Waals surface area contributed by atoms with E-state index in [0.717, 1.165) is 33.8 Å². The number of hydrogen-bond donors (Lipinski definition) is 1. The maximum atomic E-state index is 13.2. The van der Waals surface area contributed by atoms with Crippen LogP contribution < -0.4 is 0 Å². The van der Waals surface area contributed by atoms with Gasteiger partial charge in [-0.3, -0.25) is 4.79 Å². The molecule has 0 saturated carbocycles. The first kappa shape index (κ1) is 17.7. The van der Waals surface area contributed by atoms with Gasteiger partial charge in [-0.1, -0.05) is 17.7 Å². The van der Waals surface area contributed by atoms with Crippen molar-refractivity contribution in [3.63, 3.8) is 0 Å². The van der Waals surface area contributed by atoms with Crippen LogP contribution in [0.1, 0.15) is 27.2 Å². The number of nitrogens with one attached hydrogen (secondary N) is 1. The number of H-pyrrole nitrogens is 1. The highest BCUT2D eigenvalue weighted by molar-refractivity contribution is 5.97. The summed E-state index contributed by atoms with van der Waals surface area (Å²) in [6, 6.07) is 17.9. The molecule has 6 rings (SSSR count). The maximum absolute atomic E-state index is 13.2. The minimum absolute atomic E-state index is 0.00478. The van der Waals surface area contributed by atoms with Crippen LogP contribution in [0.15, 0.2) is 73.3 Å². The molecule has 0 unspecified atom stereocenters. The Morgan fingerprint density at radius 2 is 1.84 bits per heavy atom. The molecule has 0 aliphatic carbocycles. The van der Waals surface area contributed by atoms with E-state index >= 15 is 0 Å². The quantitative estimate of drug-likeness (QED) is 0.490. The van der Waals surface area contributed by atoms with E-state index in [1.165, 1.54) is 5.56 Å². The van der Waals surface area contributed by atoms with E-state index in [1.54, 1.807) is 6.33 Å². The molecule has 1 N–H and O–H groups in total. The van der Waals surface area contributed by atoms with Crippen molar-refractivity contribution in [3.05, 3.63) is 95.7 Å². The number of amides is 1. The highest BCUT2D eigenvalue weighted by Crippen LogP contribution is 2.31. The third-order valence-electron chi connectivity index (χ3n) is 5.81. The molecule has 31 heavy (non-hydrogen) atoms. The number of aromatic nitrogens is 5. The van der Waals surface area contributed by atoms with E-state index in [9.17, 15) is 4.79 Å². The van der Waals surface area contributed by atoms with E-state index in [4.69, 9.17) is 5.10 Å². The van der Waals surface area contributed by atoms with Crippen LogP contribution in [-0.4, -0.2) is 35.1 Å². The van der Waals surface area contributed by atoms with Crippen molar-refractivity contribution in [2.75, 3.05) is 0 Å². The Hall–Kier alpha value is -4.13. The van der Waals surface area contributed by atoms with Gasteiger partial charge in [-0.05, 0) is 49.4 Å². The molecule has 2 aromatic carbocycles. The lowest BCUT2D eigenvalue weighted by atomic mass is 10.2. The number of aryl methyl sites for hydroxylation is 1. The number of imidazole rings is 1. The van der Waals surface area contributed by atoms with Crippen molar-refractivity contribution in [1.29, 1.82) is 0 Å². The van der Waals surface area contributed by atoms with Crippen molar-refractivity contribution < 1.29 is 4.79 Å². The predicted octanol–water partition coefficient (Wildman–Crippen LogP) is 4.00. The molecule has 4 heterocycles. The van der Waals surface area contributed by atoms with Crippen molar-refractivity contribution in [3.8, 4) is 11.5 Å². The number of hydrogen-bond acceptors (Lipinski definition) is 3. The Labute approximate surface area is 178 Å². The van der Waals surface area contributed by atoms with Gasteiger partial charge in [0.2, 0.25) is 0 Å². The Balaban J connectivity index is 1.38. The van der Waals surface area contributed by atoms with Crippen LogP contribution in [0.3, 0.4) is 0 Å². The number of nitrogens with zero attached hydrogens (tertiary/aromatic N) is 5. The molecule has 152 valence electrons. The lowest BCUT2D eigenvalue weighted by Crippen LogP contribution is -2.26. The summed E-state index contributed by atoms with van der Waals surface area (Å²) >= 11 is 0. The first-order valence-electron chi connectivity index (χ1n) is 10.2. The molecule has 7 heteroatoms.